The lowest BCUT2D eigenvalue weighted by Gasteiger charge is -2.24. The molecule has 5 nitrogen and oxygen atoms in total. The van der Waals surface area contributed by atoms with Gasteiger partial charge in [0.1, 0.15) is 11.9 Å². The van der Waals surface area contributed by atoms with Crippen molar-refractivity contribution < 1.29 is 9.13 Å². The summed E-state index contributed by atoms with van der Waals surface area (Å²) in [5, 5.41) is 3.84. The van der Waals surface area contributed by atoms with E-state index in [2.05, 4.69) is 36.1 Å². The van der Waals surface area contributed by atoms with E-state index < -0.39 is 0 Å². The number of ether oxygens (including phenoxy) is 1. The SMILES string of the molecule is C=NNC(=NC)c1c(O[C@H](CC)CCC)nc2c(c1-c1ccccc1F)CCCCC2. The number of hydrogen-bond donors (Lipinski definition) is 1. The second kappa shape index (κ2) is 11.0. The number of aromatic nitrogens is 1. The Morgan fingerprint density at radius 1 is 1.23 bits per heavy atom. The van der Waals surface area contributed by atoms with Crippen LogP contribution < -0.4 is 10.2 Å². The Hall–Kier alpha value is -2.76. The number of halogens is 1. The summed E-state index contributed by atoms with van der Waals surface area (Å²) >= 11 is 0. The van der Waals surface area contributed by atoms with Gasteiger partial charge in [-0.1, -0.05) is 44.9 Å². The molecule has 6 heteroatoms. The van der Waals surface area contributed by atoms with Crippen LogP contribution in [0.25, 0.3) is 11.1 Å². The molecule has 1 aliphatic rings. The van der Waals surface area contributed by atoms with Gasteiger partial charge in [0.2, 0.25) is 5.88 Å². The van der Waals surface area contributed by atoms with Gasteiger partial charge in [0.25, 0.3) is 0 Å². The van der Waals surface area contributed by atoms with Crippen LogP contribution in [0.3, 0.4) is 0 Å². The van der Waals surface area contributed by atoms with Crippen molar-refractivity contribution in [3.05, 3.63) is 46.9 Å². The summed E-state index contributed by atoms with van der Waals surface area (Å²) in [5.74, 6) is 0.708. The molecule has 0 bridgehead atoms. The maximum atomic E-state index is 15.1. The number of rotatable bonds is 8. The Balaban J connectivity index is 2.34. The Morgan fingerprint density at radius 2 is 2.00 bits per heavy atom. The number of nitrogens with zero attached hydrogens (tertiary/aromatic N) is 3. The van der Waals surface area contributed by atoms with Crippen molar-refractivity contribution in [1.29, 1.82) is 0 Å². The minimum atomic E-state index is -0.269. The number of hydrazone groups is 1. The molecule has 1 N–H and O–H groups in total. The maximum absolute atomic E-state index is 15.1. The number of pyridine rings is 1. The van der Waals surface area contributed by atoms with E-state index in [9.17, 15) is 0 Å². The summed E-state index contributed by atoms with van der Waals surface area (Å²) in [6.07, 6.45) is 7.81. The fraction of sp³-hybridized carbons (Fsp3) is 0.480. The van der Waals surface area contributed by atoms with Gasteiger partial charge in [-0.3, -0.25) is 10.4 Å². The van der Waals surface area contributed by atoms with Crippen molar-refractivity contribution >= 4 is 12.6 Å². The zero-order chi connectivity index (χ0) is 22.2. The molecule has 0 spiro atoms. The summed E-state index contributed by atoms with van der Waals surface area (Å²) in [6, 6.07) is 6.89. The molecule has 1 aliphatic carbocycles. The average Bonchev–Trinajstić information content (AvgIpc) is 3.02. The molecule has 2 aromatic rings. The number of hydrogen-bond acceptors (Lipinski definition) is 4. The van der Waals surface area contributed by atoms with Crippen LogP contribution in [0.1, 0.15) is 69.2 Å². The lowest BCUT2D eigenvalue weighted by molar-refractivity contribution is 0.177. The molecule has 1 heterocycles. The third-order valence-electron chi connectivity index (χ3n) is 5.82. The van der Waals surface area contributed by atoms with E-state index in [4.69, 9.17) is 9.72 Å². The zero-order valence-electron chi connectivity index (χ0n) is 18.9. The number of aliphatic imine (C=N–C) groups is 1. The smallest absolute Gasteiger partial charge is 0.225 e. The first kappa shape index (κ1) is 22.9. The van der Waals surface area contributed by atoms with Gasteiger partial charge in [0.05, 0.1) is 5.56 Å². The highest BCUT2D eigenvalue weighted by molar-refractivity contribution is 6.07. The van der Waals surface area contributed by atoms with Crippen molar-refractivity contribution in [3.63, 3.8) is 0 Å². The Kier molecular flexibility index (Phi) is 8.15. The number of fused-ring (bicyclic) bond motifs is 1. The first-order valence-electron chi connectivity index (χ1n) is 11.3. The molecule has 0 radical (unpaired) electrons. The highest BCUT2D eigenvalue weighted by Gasteiger charge is 2.28. The molecule has 0 unspecified atom stereocenters. The lowest BCUT2D eigenvalue weighted by atomic mass is 9.90. The van der Waals surface area contributed by atoms with Crippen LogP contribution in [0.15, 0.2) is 34.4 Å². The summed E-state index contributed by atoms with van der Waals surface area (Å²) in [4.78, 5) is 9.39. The van der Waals surface area contributed by atoms with Crippen LogP contribution in [-0.2, 0) is 12.8 Å². The Morgan fingerprint density at radius 3 is 2.68 bits per heavy atom. The molecule has 0 saturated heterocycles. The fourth-order valence-corrected chi connectivity index (χ4v) is 4.28. The molecule has 1 aromatic carbocycles. The quantitative estimate of drug-likeness (QED) is 0.256. The maximum Gasteiger partial charge on any atom is 0.225 e. The van der Waals surface area contributed by atoms with E-state index in [1.165, 1.54) is 6.07 Å². The van der Waals surface area contributed by atoms with Crippen LogP contribution in [0.2, 0.25) is 0 Å². The van der Waals surface area contributed by atoms with E-state index in [0.29, 0.717) is 22.8 Å². The first-order valence-corrected chi connectivity index (χ1v) is 11.3. The molecule has 1 aromatic heterocycles. The molecule has 0 amide bonds. The largest absolute Gasteiger partial charge is 0.474 e. The van der Waals surface area contributed by atoms with E-state index in [0.717, 1.165) is 68.2 Å². The normalized spacial score (nSPS) is 15.0. The van der Waals surface area contributed by atoms with Crippen molar-refractivity contribution in [2.75, 3.05) is 7.05 Å². The predicted octanol–water partition coefficient (Wildman–Crippen LogP) is 5.70. The van der Waals surface area contributed by atoms with Crippen molar-refractivity contribution in [2.45, 2.75) is 71.3 Å². The first-order chi connectivity index (χ1) is 15.1. The Labute approximate surface area is 184 Å². The third kappa shape index (κ3) is 5.12. The molecule has 3 rings (SSSR count). The molecule has 31 heavy (non-hydrogen) atoms. The van der Waals surface area contributed by atoms with Crippen molar-refractivity contribution in [2.24, 2.45) is 10.1 Å². The van der Waals surface area contributed by atoms with Gasteiger partial charge in [-0.2, -0.15) is 5.10 Å². The van der Waals surface area contributed by atoms with Crippen molar-refractivity contribution in [3.8, 4) is 17.0 Å². The summed E-state index contributed by atoms with van der Waals surface area (Å²) in [5.41, 5.74) is 6.98. The van der Waals surface area contributed by atoms with E-state index in [1.807, 2.05) is 12.1 Å². The van der Waals surface area contributed by atoms with Crippen LogP contribution in [0.4, 0.5) is 4.39 Å². The number of amidine groups is 1. The monoisotopic (exact) mass is 424 g/mol. The Bertz CT molecular complexity index is 941. The van der Waals surface area contributed by atoms with Gasteiger partial charge >= 0.3 is 0 Å². The van der Waals surface area contributed by atoms with Gasteiger partial charge in [0.15, 0.2) is 5.84 Å². The average molecular weight is 425 g/mol. The standard InChI is InChI=1S/C25H33FN4O/c1-5-12-17(6-2)31-25-23(24(27-3)30-28-4)22(18-13-10-11-15-20(18)26)19-14-8-7-9-16-21(19)29-25/h10-11,13,15,17H,4-9,12,14,16H2,1-3H3,(H,27,30)/t17-/m1/s1. The van der Waals surface area contributed by atoms with Crippen LogP contribution in [0.5, 0.6) is 5.88 Å². The topological polar surface area (TPSA) is 58.9 Å². The van der Waals surface area contributed by atoms with Crippen LogP contribution >= 0.6 is 0 Å². The third-order valence-corrected chi connectivity index (χ3v) is 5.82. The number of nitrogens with one attached hydrogen (secondary N) is 1. The van der Waals surface area contributed by atoms with Gasteiger partial charge < -0.3 is 4.74 Å². The molecular weight excluding hydrogens is 391 g/mol. The molecule has 0 aliphatic heterocycles. The van der Waals surface area contributed by atoms with Crippen LogP contribution in [-0.4, -0.2) is 30.7 Å². The molecule has 0 saturated carbocycles. The number of benzene rings is 1. The van der Waals surface area contributed by atoms with E-state index in [-0.39, 0.29) is 11.9 Å². The number of aryl methyl sites for hydroxylation is 1. The molecule has 1 atom stereocenters. The second-order valence-electron chi connectivity index (χ2n) is 7.91. The predicted molar refractivity (Wildman–Crippen MR) is 126 cm³/mol. The second-order valence-corrected chi connectivity index (χ2v) is 7.91. The van der Waals surface area contributed by atoms with Gasteiger partial charge in [-0.05, 0) is 50.2 Å². The molecular formula is C25H33FN4O. The summed E-state index contributed by atoms with van der Waals surface area (Å²) in [7, 11) is 1.68. The van der Waals surface area contributed by atoms with Gasteiger partial charge in [-0.15, -0.1) is 0 Å². The summed E-state index contributed by atoms with van der Waals surface area (Å²) < 4.78 is 21.6. The molecule has 0 fully saturated rings. The summed E-state index contributed by atoms with van der Waals surface area (Å²) in [6.45, 7) is 7.81. The van der Waals surface area contributed by atoms with Gasteiger partial charge in [-0.25, -0.2) is 9.37 Å². The zero-order valence-corrected chi connectivity index (χ0v) is 18.9. The fourth-order valence-electron chi connectivity index (χ4n) is 4.28. The van der Waals surface area contributed by atoms with E-state index >= 15 is 4.39 Å². The van der Waals surface area contributed by atoms with Gasteiger partial charge in [0, 0.05) is 30.6 Å². The van der Waals surface area contributed by atoms with Crippen molar-refractivity contribution in [1.82, 2.24) is 10.4 Å². The minimum Gasteiger partial charge on any atom is -0.474 e. The molecule has 166 valence electrons. The highest BCUT2D eigenvalue weighted by atomic mass is 19.1. The minimum absolute atomic E-state index is 0.0309. The van der Waals surface area contributed by atoms with E-state index in [1.54, 1.807) is 13.1 Å². The van der Waals surface area contributed by atoms with Crippen LogP contribution in [0, 0.1) is 5.82 Å². The highest BCUT2D eigenvalue weighted by Crippen LogP contribution is 2.39. The lowest BCUT2D eigenvalue weighted by Crippen LogP contribution is -2.25.